The van der Waals surface area contributed by atoms with Crippen LogP contribution in [0.3, 0.4) is 0 Å². The first-order chi connectivity index (χ1) is 12.6. The van der Waals surface area contributed by atoms with Gasteiger partial charge in [0, 0.05) is 19.6 Å². The molecule has 142 valence electrons. The van der Waals surface area contributed by atoms with Gasteiger partial charge in [-0.1, -0.05) is 6.08 Å². The maximum Gasteiger partial charge on any atom is 0.410 e. The third-order valence-corrected chi connectivity index (χ3v) is 4.70. The van der Waals surface area contributed by atoms with E-state index < -0.39 is 0 Å². The summed E-state index contributed by atoms with van der Waals surface area (Å²) in [5.74, 6) is 0.983. The highest BCUT2D eigenvalue weighted by Gasteiger charge is 2.24. The number of nitrogens with one attached hydrogen (secondary N) is 1. The number of likely N-dealkylation sites (tertiary alicyclic amines) is 1. The lowest BCUT2D eigenvalue weighted by atomic mass is 9.98. The van der Waals surface area contributed by atoms with Gasteiger partial charge in [0.25, 0.3) is 0 Å². The smallest absolute Gasteiger partial charge is 0.410 e. The molecular weight excluding hydrogens is 332 g/mol. The van der Waals surface area contributed by atoms with E-state index in [-0.39, 0.29) is 12.2 Å². The first kappa shape index (κ1) is 18.6. The van der Waals surface area contributed by atoms with E-state index >= 15 is 0 Å². The molecule has 1 N–H and O–H groups in total. The molecule has 0 aromatic carbocycles. The summed E-state index contributed by atoms with van der Waals surface area (Å²) in [6, 6.07) is 0. The SMILES string of the molecule is CC(C)OC(=O)N1CCC(COc2cnc(C3=CCNCC3)cn2)CC1. The van der Waals surface area contributed by atoms with E-state index in [1.165, 1.54) is 5.57 Å². The van der Waals surface area contributed by atoms with Crippen molar-refractivity contribution >= 4 is 11.7 Å². The number of piperidine rings is 1. The van der Waals surface area contributed by atoms with Gasteiger partial charge in [0.05, 0.1) is 30.8 Å². The standard InChI is InChI=1S/C19H28N4O3/c1-14(2)26-19(24)23-9-5-15(6-10-23)13-25-18-12-21-17(11-22-18)16-3-7-20-8-4-16/h3,11-12,14-15,20H,4-10,13H2,1-2H3. The summed E-state index contributed by atoms with van der Waals surface area (Å²) in [5.41, 5.74) is 2.17. The van der Waals surface area contributed by atoms with Gasteiger partial charge in [0.15, 0.2) is 0 Å². The fraction of sp³-hybridized carbons (Fsp3) is 0.632. The van der Waals surface area contributed by atoms with Crippen molar-refractivity contribution < 1.29 is 14.3 Å². The normalized spacial score (nSPS) is 18.6. The second-order valence-corrected chi connectivity index (χ2v) is 7.10. The second-order valence-electron chi connectivity index (χ2n) is 7.10. The van der Waals surface area contributed by atoms with Gasteiger partial charge in [-0.25, -0.2) is 14.8 Å². The lowest BCUT2D eigenvalue weighted by Gasteiger charge is -2.31. The number of hydrogen-bond acceptors (Lipinski definition) is 6. The summed E-state index contributed by atoms with van der Waals surface area (Å²) in [5, 5.41) is 3.29. The predicted octanol–water partition coefficient (Wildman–Crippen LogP) is 2.49. The molecular formula is C19H28N4O3. The van der Waals surface area contributed by atoms with Gasteiger partial charge in [-0.05, 0) is 51.1 Å². The number of carbonyl (C=O) groups is 1. The molecule has 2 aliphatic heterocycles. The summed E-state index contributed by atoms with van der Waals surface area (Å²) >= 11 is 0. The monoisotopic (exact) mass is 360 g/mol. The topological polar surface area (TPSA) is 76.6 Å². The van der Waals surface area contributed by atoms with Crippen LogP contribution in [0.5, 0.6) is 5.88 Å². The van der Waals surface area contributed by atoms with Crippen LogP contribution in [0.1, 0.15) is 38.8 Å². The van der Waals surface area contributed by atoms with Crippen molar-refractivity contribution in [2.45, 2.75) is 39.2 Å². The molecule has 1 amide bonds. The van der Waals surface area contributed by atoms with Crippen LogP contribution < -0.4 is 10.1 Å². The zero-order valence-electron chi connectivity index (χ0n) is 15.6. The number of hydrogen-bond donors (Lipinski definition) is 1. The minimum absolute atomic E-state index is 0.0780. The average Bonchev–Trinajstić information content (AvgIpc) is 2.67. The maximum absolute atomic E-state index is 11.9. The molecule has 0 atom stereocenters. The Morgan fingerprint density at radius 2 is 2.12 bits per heavy atom. The van der Waals surface area contributed by atoms with Gasteiger partial charge >= 0.3 is 6.09 Å². The lowest BCUT2D eigenvalue weighted by Crippen LogP contribution is -2.40. The first-order valence-electron chi connectivity index (χ1n) is 9.42. The summed E-state index contributed by atoms with van der Waals surface area (Å²) in [4.78, 5) is 22.5. The Kier molecular flexibility index (Phi) is 6.44. The van der Waals surface area contributed by atoms with Gasteiger partial charge in [-0.15, -0.1) is 0 Å². The molecule has 1 saturated heterocycles. The van der Waals surface area contributed by atoms with Crippen molar-refractivity contribution in [3.05, 3.63) is 24.2 Å². The number of amides is 1. The van der Waals surface area contributed by atoms with Gasteiger partial charge in [0.2, 0.25) is 5.88 Å². The Balaban J connectivity index is 1.42. The third-order valence-electron chi connectivity index (χ3n) is 4.70. The van der Waals surface area contributed by atoms with Crippen LogP contribution in [0.2, 0.25) is 0 Å². The number of ether oxygens (including phenoxy) is 2. The van der Waals surface area contributed by atoms with E-state index in [0.717, 1.165) is 38.0 Å². The van der Waals surface area contributed by atoms with Crippen molar-refractivity contribution in [2.24, 2.45) is 5.92 Å². The van der Waals surface area contributed by atoms with Crippen LogP contribution in [-0.2, 0) is 4.74 Å². The van der Waals surface area contributed by atoms with E-state index in [9.17, 15) is 4.79 Å². The van der Waals surface area contributed by atoms with Gasteiger partial charge in [0.1, 0.15) is 0 Å². The van der Waals surface area contributed by atoms with E-state index in [2.05, 4.69) is 21.4 Å². The summed E-state index contributed by atoms with van der Waals surface area (Å²) in [6.07, 6.45) is 8.17. The molecule has 0 saturated carbocycles. The van der Waals surface area contributed by atoms with Gasteiger partial charge in [-0.2, -0.15) is 0 Å². The van der Waals surface area contributed by atoms with Gasteiger partial charge < -0.3 is 19.7 Å². The van der Waals surface area contributed by atoms with E-state index in [4.69, 9.17) is 9.47 Å². The van der Waals surface area contributed by atoms with Crippen molar-refractivity contribution in [3.8, 4) is 5.88 Å². The molecule has 1 aromatic heterocycles. The molecule has 7 nitrogen and oxygen atoms in total. The fourth-order valence-corrected chi connectivity index (χ4v) is 3.17. The Labute approximate surface area is 154 Å². The van der Waals surface area contributed by atoms with E-state index in [1.807, 2.05) is 13.8 Å². The molecule has 3 rings (SSSR count). The average molecular weight is 360 g/mol. The molecule has 0 bridgehead atoms. The molecule has 26 heavy (non-hydrogen) atoms. The quantitative estimate of drug-likeness (QED) is 0.869. The van der Waals surface area contributed by atoms with Crippen molar-refractivity contribution in [2.75, 3.05) is 32.8 Å². The minimum Gasteiger partial charge on any atom is -0.476 e. The molecule has 1 aromatic rings. The Morgan fingerprint density at radius 3 is 2.73 bits per heavy atom. The molecule has 0 radical (unpaired) electrons. The Bertz CT molecular complexity index is 622. The number of nitrogens with zero attached hydrogens (tertiary/aromatic N) is 3. The van der Waals surface area contributed by atoms with Crippen LogP contribution in [-0.4, -0.2) is 59.9 Å². The summed E-state index contributed by atoms with van der Waals surface area (Å²) < 4.78 is 11.1. The largest absolute Gasteiger partial charge is 0.476 e. The van der Waals surface area contributed by atoms with Crippen molar-refractivity contribution in [1.82, 2.24) is 20.2 Å². The second kappa shape index (κ2) is 8.98. The molecule has 0 unspecified atom stereocenters. The molecule has 0 spiro atoms. The maximum atomic E-state index is 11.9. The molecule has 2 aliphatic rings. The first-order valence-corrected chi connectivity index (χ1v) is 9.42. The fourth-order valence-electron chi connectivity index (χ4n) is 3.17. The van der Waals surface area contributed by atoms with Crippen LogP contribution >= 0.6 is 0 Å². The van der Waals surface area contributed by atoms with Crippen molar-refractivity contribution in [1.29, 1.82) is 0 Å². The highest BCUT2D eigenvalue weighted by Crippen LogP contribution is 2.21. The highest BCUT2D eigenvalue weighted by molar-refractivity contribution is 5.67. The summed E-state index contributed by atoms with van der Waals surface area (Å²) in [6.45, 7) is 7.64. The van der Waals surface area contributed by atoms with E-state index in [0.29, 0.717) is 31.5 Å². The molecule has 7 heteroatoms. The van der Waals surface area contributed by atoms with Crippen LogP contribution in [0.25, 0.3) is 5.57 Å². The lowest BCUT2D eigenvalue weighted by molar-refractivity contribution is 0.0606. The van der Waals surface area contributed by atoms with Crippen LogP contribution in [0.15, 0.2) is 18.5 Å². The number of aromatic nitrogens is 2. The van der Waals surface area contributed by atoms with Crippen LogP contribution in [0.4, 0.5) is 4.79 Å². The van der Waals surface area contributed by atoms with E-state index in [1.54, 1.807) is 17.3 Å². The predicted molar refractivity (Wildman–Crippen MR) is 98.9 cm³/mol. The summed E-state index contributed by atoms with van der Waals surface area (Å²) in [7, 11) is 0. The highest BCUT2D eigenvalue weighted by atomic mass is 16.6. The van der Waals surface area contributed by atoms with Crippen molar-refractivity contribution in [3.63, 3.8) is 0 Å². The van der Waals surface area contributed by atoms with Gasteiger partial charge in [-0.3, -0.25) is 0 Å². The molecule has 3 heterocycles. The van der Waals surface area contributed by atoms with Crippen LogP contribution in [0, 0.1) is 5.92 Å². The zero-order valence-corrected chi connectivity index (χ0v) is 15.6. The zero-order chi connectivity index (χ0) is 18.4. The third kappa shape index (κ3) is 5.17. The molecule has 0 aliphatic carbocycles. The Morgan fingerprint density at radius 1 is 1.31 bits per heavy atom. The minimum atomic E-state index is -0.215. The number of carbonyl (C=O) groups excluding carboxylic acids is 1. The molecule has 1 fully saturated rings. The number of rotatable bonds is 5. The Hall–Kier alpha value is -2.15.